The predicted molar refractivity (Wildman–Crippen MR) is 219 cm³/mol. The Balaban J connectivity index is 1.09. The van der Waals surface area contributed by atoms with Crippen LogP contribution < -0.4 is 0 Å². The van der Waals surface area contributed by atoms with Gasteiger partial charge in [0, 0.05) is 38.2 Å². The molecule has 11 aromatic rings. The molecule has 0 atom stereocenters. The van der Waals surface area contributed by atoms with E-state index in [4.69, 9.17) is 23.8 Å². The van der Waals surface area contributed by atoms with Crippen molar-refractivity contribution in [1.82, 2.24) is 15.0 Å². The summed E-state index contributed by atoms with van der Waals surface area (Å²) in [5.74, 6) is 1.75. The van der Waals surface area contributed by atoms with Gasteiger partial charge in [-0.3, -0.25) is 0 Å². The van der Waals surface area contributed by atoms with E-state index < -0.39 is 0 Å². The maximum atomic E-state index is 6.94. The maximum Gasteiger partial charge on any atom is 0.167 e. The standard InChI is InChI=1S/C49H29N3O2/c1-3-12-30(13-4-1)31-24-26-33(27-25-31)48-50-47(32-14-5-2-6-15-32)51-49(52-48)40-22-11-21-39-38-20-10-19-37(45(38)54-46(39)40)35-18-9-16-34-28-42-36-17-7-8-23-43(36)53-44(42)29-41(34)35/h1-29H. The number of aromatic nitrogens is 3. The van der Waals surface area contributed by atoms with E-state index in [9.17, 15) is 0 Å². The Labute approximate surface area is 309 Å². The molecule has 8 aromatic carbocycles. The molecule has 3 aromatic heterocycles. The molecule has 0 radical (unpaired) electrons. The van der Waals surface area contributed by atoms with Crippen molar-refractivity contribution in [3.8, 4) is 56.4 Å². The van der Waals surface area contributed by atoms with Crippen molar-refractivity contribution in [2.45, 2.75) is 0 Å². The maximum absolute atomic E-state index is 6.94. The van der Waals surface area contributed by atoms with Gasteiger partial charge in [-0.25, -0.2) is 15.0 Å². The van der Waals surface area contributed by atoms with E-state index in [1.54, 1.807) is 0 Å². The molecule has 0 aliphatic carbocycles. The first kappa shape index (κ1) is 30.3. The summed E-state index contributed by atoms with van der Waals surface area (Å²) in [5.41, 5.74) is 10.3. The van der Waals surface area contributed by atoms with Gasteiger partial charge in [0.15, 0.2) is 17.5 Å². The van der Waals surface area contributed by atoms with Crippen LogP contribution in [-0.2, 0) is 0 Å². The Morgan fingerprint density at radius 2 is 0.833 bits per heavy atom. The molecule has 0 spiro atoms. The van der Waals surface area contributed by atoms with Crippen LogP contribution in [0.4, 0.5) is 0 Å². The van der Waals surface area contributed by atoms with E-state index in [1.165, 1.54) is 0 Å². The largest absolute Gasteiger partial charge is 0.456 e. The summed E-state index contributed by atoms with van der Waals surface area (Å²) >= 11 is 0. The van der Waals surface area contributed by atoms with Gasteiger partial charge >= 0.3 is 0 Å². The van der Waals surface area contributed by atoms with Crippen LogP contribution in [0.15, 0.2) is 185 Å². The number of nitrogens with zero attached hydrogens (tertiary/aromatic N) is 3. The molecule has 0 fully saturated rings. The molecule has 3 heterocycles. The zero-order valence-corrected chi connectivity index (χ0v) is 28.9. The molecule has 0 N–H and O–H groups in total. The Morgan fingerprint density at radius 3 is 1.59 bits per heavy atom. The third kappa shape index (κ3) is 4.90. The van der Waals surface area contributed by atoms with Crippen LogP contribution in [0.2, 0.25) is 0 Å². The lowest BCUT2D eigenvalue weighted by atomic mass is 9.95. The SMILES string of the molecule is c1ccc(-c2ccc(-c3nc(-c4ccccc4)nc(-c4cccc5c4oc4c(-c6cccc7cc8c(cc67)oc6ccccc68)cccc45)n3)cc2)cc1. The zero-order valence-electron chi connectivity index (χ0n) is 28.9. The molecule has 0 saturated carbocycles. The first-order valence-electron chi connectivity index (χ1n) is 18.0. The molecular formula is C49H29N3O2. The molecule has 0 aliphatic rings. The van der Waals surface area contributed by atoms with E-state index in [2.05, 4.69) is 121 Å². The molecule has 0 unspecified atom stereocenters. The van der Waals surface area contributed by atoms with Gasteiger partial charge in [-0.15, -0.1) is 0 Å². The van der Waals surface area contributed by atoms with Gasteiger partial charge in [-0.2, -0.15) is 0 Å². The number of hydrogen-bond acceptors (Lipinski definition) is 5. The highest BCUT2D eigenvalue weighted by atomic mass is 16.3. The van der Waals surface area contributed by atoms with Crippen molar-refractivity contribution in [2.75, 3.05) is 0 Å². The molecule has 5 nitrogen and oxygen atoms in total. The van der Waals surface area contributed by atoms with Crippen LogP contribution in [0.25, 0.3) is 111 Å². The average molecular weight is 692 g/mol. The van der Waals surface area contributed by atoms with Crippen LogP contribution in [0.3, 0.4) is 0 Å². The normalized spacial score (nSPS) is 11.7. The first-order chi connectivity index (χ1) is 26.7. The van der Waals surface area contributed by atoms with Crippen molar-refractivity contribution in [1.29, 1.82) is 0 Å². The summed E-state index contributed by atoms with van der Waals surface area (Å²) in [7, 11) is 0. The molecule has 0 amide bonds. The highest BCUT2D eigenvalue weighted by Crippen LogP contribution is 2.42. The zero-order chi connectivity index (χ0) is 35.6. The predicted octanol–water partition coefficient (Wildman–Crippen LogP) is 13.2. The van der Waals surface area contributed by atoms with Crippen LogP contribution in [0, 0.1) is 0 Å². The lowest BCUT2D eigenvalue weighted by Crippen LogP contribution is -2.00. The van der Waals surface area contributed by atoms with Gasteiger partial charge < -0.3 is 8.83 Å². The quantitative estimate of drug-likeness (QED) is 0.180. The average Bonchev–Trinajstić information content (AvgIpc) is 3.81. The van der Waals surface area contributed by atoms with Gasteiger partial charge in [0.25, 0.3) is 0 Å². The third-order valence-electron chi connectivity index (χ3n) is 10.4. The van der Waals surface area contributed by atoms with E-state index >= 15 is 0 Å². The smallest absolute Gasteiger partial charge is 0.167 e. The molecule has 252 valence electrons. The Kier molecular flexibility index (Phi) is 6.79. The summed E-state index contributed by atoms with van der Waals surface area (Å²) < 4.78 is 13.3. The second-order valence-corrected chi connectivity index (χ2v) is 13.6. The Morgan fingerprint density at radius 1 is 0.296 bits per heavy atom. The highest BCUT2D eigenvalue weighted by Gasteiger charge is 2.20. The summed E-state index contributed by atoms with van der Waals surface area (Å²) in [5, 5.41) is 6.50. The second kappa shape index (κ2) is 12.1. The van der Waals surface area contributed by atoms with Crippen molar-refractivity contribution in [3.63, 3.8) is 0 Å². The van der Waals surface area contributed by atoms with Crippen LogP contribution in [0.5, 0.6) is 0 Å². The van der Waals surface area contributed by atoms with Crippen LogP contribution >= 0.6 is 0 Å². The van der Waals surface area contributed by atoms with Crippen molar-refractivity contribution >= 4 is 54.6 Å². The van der Waals surface area contributed by atoms with Gasteiger partial charge in [-0.05, 0) is 51.7 Å². The van der Waals surface area contributed by atoms with E-state index in [0.29, 0.717) is 17.5 Å². The summed E-state index contributed by atoms with van der Waals surface area (Å²) in [6, 6.07) is 60.4. The number of rotatable bonds is 5. The fourth-order valence-corrected chi connectivity index (χ4v) is 7.72. The van der Waals surface area contributed by atoms with Gasteiger partial charge in [0.2, 0.25) is 0 Å². The lowest BCUT2D eigenvalue weighted by molar-refractivity contribution is 0.669. The molecule has 0 saturated heterocycles. The lowest BCUT2D eigenvalue weighted by Gasteiger charge is -2.09. The number of hydrogen-bond donors (Lipinski definition) is 0. The van der Waals surface area contributed by atoms with Crippen LogP contribution in [-0.4, -0.2) is 15.0 Å². The fraction of sp³-hybridized carbons (Fsp3) is 0. The topological polar surface area (TPSA) is 65.0 Å². The van der Waals surface area contributed by atoms with Gasteiger partial charge in [0.1, 0.15) is 22.3 Å². The van der Waals surface area contributed by atoms with Gasteiger partial charge in [-0.1, -0.05) is 152 Å². The summed E-state index contributed by atoms with van der Waals surface area (Å²) in [6.45, 7) is 0. The number of fused-ring (bicyclic) bond motifs is 7. The van der Waals surface area contributed by atoms with E-state index in [1.807, 2.05) is 54.6 Å². The number of furan rings is 2. The third-order valence-corrected chi connectivity index (χ3v) is 10.4. The minimum Gasteiger partial charge on any atom is -0.456 e. The molecule has 11 rings (SSSR count). The summed E-state index contributed by atoms with van der Waals surface area (Å²) in [4.78, 5) is 15.1. The first-order valence-corrected chi connectivity index (χ1v) is 18.0. The van der Waals surface area contributed by atoms with Crippen molar-refractivity contribution < 1.29 is 8.83 Å². The monoisotopic (exact) mass is 691 g/mol. The molecule has 0 bridgehead atoms. The minimum atomic E-state index is 0.551. The Bertz CT molecular complexity index is 3200. The van der Waals surface area contributed by atoms with Gasteiger partial charge in [0.05, 0.1) is 5.56 Å². The van der Waals surface area contributed by atoms with Crippen LogP contribution in [0.1, 0.15) is 0 Å². The van der Waals surface area contributed by atoms with E-state index in [-0.39, 0.29) is 0 Å². The molecular weight excluding hydrogens is 663 g/mol. The Hall–Kier alpha value is -7.37. The van der Waals surface area contributed by atoms with E-state index in [0.717, 1.165) is 93.6 Å². The molecule has 5 heteroatoms. The van der Waals surface area contributed by atoms with Crippen molar-refractivity contribution in [3.05, 3.63) is 176 Å². The summed E-state index contributed by atoms with van der Waals surface area (Å²) in [6.07, 6.45) is 0. The second-order valence-electron chi connectivity index (χ2n) is 13.6. The number of para-hydroxylation sites is 3. The molecule has 54 heavy (non-hydrogen) atoms. The highest BCUT2D eigenvalue weighted by molar-refractivity contribution is 6.17. The number of benzene rings is 8. The fourth-order valence-electron chi connectivity index (χ4n) is 7.72. The molecule has 0 aliphatic heterocycles. The van der Waals surface area contributed by atoms with Crippen molar-refractivity contribution in [2.24, 2.45) is 0 Å². The minimum absolute atomic E-state index is 0.551.